The number of aromatic hydroxyl groups is 1. The fraction of sp³-hybridized carbons (Fsp3) is 0.200. The molecule has 12 heavy (non-hydrogen) atoms. The van der Waals surface area contributed by atoms with Crippen LogP contribution in [0.4, 0.5) is 0 Å². The van der Waals surface area contributed by atoms with Crippen molar-refractivity contribution in [2.24, 2.45) is 0 Å². The summed E-state index contributed by atoms with van der Waals surface area (Å²) in [6, 6.07) is 4.01. The highest BCUT2D eigenvalue weighted by atomic mass is 32.1. The number of benzene rings is 1. The minimum atomic E-state index is 0.436. The molecule has 1 nitrogen and oxygen atoms in total. The van der Waals surface area contributed by atoms with Crippen molar-refractivity contribution in [1.29, 1.82) is 0 Å². The van der Waals surface area contributed by atoms with Gasteiger partial charge in [0.05, 0.1) is 0 Å². The standard InChI is InChI=1S/C10H10OS/c1-6-3-4-8-9(10(6)11)7(2)5-12-8/h3-5,11H,1-2H3. The van der Waals surface area contributed by atoms with E-state index in [4.69, 9.17) is 0 Å². The van der Waals surface area contributed by atoms with Gasteiger partial charge in [-0.15, -0.1) is 11.3 Å². The first-order valence-corrected chi connectivity index (χ1v) is 4.74. The molecule has 62 valence electrons. The Kier molecular flexibility index (Phi) is 1.58. The van der Waals surface area contributed by atoms with E-state index in [9.17, 15) is 5.11 Å². The Morgan fingerprint density at radius 2 is 1.92 bits per heavy atom. The molecule has 0 aliphatic carbocycles. The molecule has 1 aromatic heterocycles. The fourth-order valence-electron chi connectivity index (χ4n) is 1.37. The second-order valence-electron chi connectivity index (χ2n) is 3.02. The van der Waals surface area contributed by atoms with Gasteiger partial charge in [-0.1, -0.05) is 6.07 Å². The van der Waals surface area contributed by atoms with E-state index in [-0.39, 0.29) is 0 Å². The summed E-state index contributed by atoms with van der Waals surface area (Å²) in [5, 5.41) is 12.8. The molecule has 1 N–H and O–H groups in total. The zero-order chi connectivity index (χ0) is 8.72. The first kappa shape index (κ1) is 7.62. The van der Waals surface area contributed by atoms with E-state index in [2.05, 4.69) is 11.4 Å². The average Bonchev–Trinajstić information content (AvgIpc) is 2.41. The lowest BCUT2D eigenvalue weighted by molar-refractivity contribution is 0.477. The third-order valence-corrected chi connectivity index (χ3v) is 3.16. The van der Waals surface area contributed by atoms with Gasteiger partial charge in [-0.25, -0.2) is 0 Å². The summed E-state index contributed by atoms with van der Waals surface area (Å²) in [5.74, 6) is 0.436. The number of rotatable bonds is 0. The largest absolute Gasteiger partial charge is 0.507 e. The predicted molar refractivity (Wildman–Crippen MR) is 53.0 cm³/mol. The van der Waals surface area contributed by atoms with Gasteiger partial charge in [0.25, 0.3) is 0 Å². The molecule has 0 aliphatic heterocycles. The molecule has 0 spiro atoms. The van der Waals surface area contributed by atoms with Gasteiger partial charge in [0, 0.05) is 10.1 Å². The Bertz CT molecular complexity index is 429. The fourth-order valence-corrected chi connectivity index (χ4v) is 2.31. The average molecular weight is 178 g/mol. The molecule has 0 saturated carbocycles. The van der Waals surface area contributed by atoms with E-state index in [0.29, 0.717) is 5.75 Å². The van der Waals surface area contributed by atoms with Crippen molar-refractivity contribution in [2.75, 3.05) is 0 Å². The zero-order valence-corrected chi connectivity index (χ0v) is 7.90. The van der Waals surface area contributed by atoms with Crippen molar-refractivity contribution < 1.29 is 5.11 Å². The summed E-state index contributed by atoms with van der Waals surface area (Å²) < 4.78 is 1.16. The minimum absolute atomic E-state index is 0.436. The summed E-state index contributed by atoms with van der Waals surface area (Å²) in [6.07, 6.45) is 0. The molecule has 0 atom stereocenters. The third kappa shape index (κ3) is 0.916. The predicted octanol–water partition coefficient (Wildman–Crippen LogP) is 3.22. The molecule has 0 bridgehead atoms. The number of aryl methyl sites for hydroxylation is 2. The van der Waals surface area contributed by atoms with E-state index < -0.39 is 0 Å². The maximum Gasteiger partial charge on any atom is 0.127 e. The highest BCUT2D eigenvalue weighted by molar-refractivity contribution is 7.17. The van der Waals surface area contributed by atoms with Crippen LogP contribution in [0.5, 0.6) is 5.75 Å². The van der Waals surface area contributed by atoms with Crippen molar-refractivity contribution >= 4 is 21.4 Å². The molecule has 0 aliphatic rings. The van der Waals surface area contributed by atoms with Crippen LogP contribution in [-0.2, 0) is 0 Å². The third-order valence-electron chi connectivity index (χ3n) is 2.10. The second-order valence-corrected chi connectivity index (χ2v) is 3.93. The summed E-state index contributed by atoms with van der Waals surface area (Å²) in [6.45, 7) is 3.95. The van der Waals surface area contributed by atoms with E-state index in [1.807, 2.05) is 19.9 Å². The number of phenols is 1. The van der Waals surface area contributed by atoms with Crippen LogP contribution in [0.3, 0.4) is 0 Å². The summed E-state index contributed by atoms with van der Waals surface area (Å²) in [7, 11) is 0. The lowest BCUT2D eigenvalue weighted by Crippen LogP contribution is -1.75. The Morgan fingerprint density at radius 3 is 2.67 bits per heavy atom. The lowest BCUT2D eigenvalue weighted by atomic mass is 10.1. The van der Waals surface area contributed by atoms with Crippen LogP contribution in [0.2, 0.25) is 0 Å². The Balaban J connectivity index is 2.96. The normalized spacial score (nSPS) is 10.8. The molecule has 2 rings (SSSR count). The molecular formula is C10H10OS. The quantitative estimate of drug-likeness (QED) is 0.656. The number of hydrogen-bond donors (Lipinski definition) is 1. The smallest absolute Gasteiger partial charge is 0.127 e. The lowest BCUT2D eigenvalue weighted by Gasteiger charge is -2.00. The molecule has 0 fully saturated rings. The number of thiophene rings is 1. The van der Waals surface area contributed by atoms with Crippen molar-refractivity contribution in [1.82, 2.24) is 0 Å². The van der Waals surface area contributed by atoms with Gasteiger partial charge in [0.2, 0.25) is 0 Å². The highest BCUT2D eigenvalue weighted by Crippen LogP contribution is 2.34. The molecule has 1 aromatic carbocycles. The number of phenolic OH excluding ortho intramolecular Hbond substituents is 1. The molecule has 1 heterocycles. The van der Waals surface area contributed by atoms with Crippen LogP contribution in [0.25, 0.3) is 10.1 Å². The maximum atomic E-state index is 9.73. The topological polar surface area (TPSA) is 20.2 Å². The Labute approximate surface area is 75.3 Å². The van der Waals surface area contributed by atoms with Crippen LogP contribution in [0.1, 0.15) is 11.1 Å². The number of hydrogen-bond acceptors (Lipinski definition) is 2. The Morgan fingerprint density at radius 1 is 1.17 bits per heavy atom. The number of fused-ring (bicyclic) bond motifs is 1. The van der Waals surface area contributed by atoms with Crippen molar-refractivity contribution in [3.05, 3.63) is 28.6 Å². The molecular weight excluding hydrogens is 168 g/mol. The van der Waals surface area contributed by atoms with Gasteiger partial charge in [0.1, 0.15) is 5.75 Å². The van der Waals surface area contributed by atoms with Crippen LogP contribution in [0.15, 0.2) is 17.5 Å². The van der Waals surface area contributed by atoms with E-state index >= 15 is 0 Å². The van der Waals surface area contributed by atoms with Crippen molar-refractivity contribution in [3.8, 4) is 5.75 Å². The van der Waals surface area contributed by atoms with Gasteiger partial charge in [-0.05, 0) is 36.4 Å². The van der Waals surface area contributed by atoms with E-state index in [1.165, 1.54) is 0 Å². The van der Waals surface area contributed by atoms with Crippen LogP contribution >= 0.6 is 11.3 Å². The molecule has 2 aromatic rings. The van der Waals surface area contributed by atoms with Crippen LogP contribution in [-0.4, -0.2) is 5.11 Å². The van der Waals surface area contributed by atoms with Gasteiger partial charge >= 0.3 is 0 Å². The van der Waals surface area contributed by atoms with Crippen molar-refractivity contribution in [3.63, 3.8) is 0 Å². The van der Waals surface area contributed by atoms with E-state index in [0.717, 1.165) is 21.2 Å². The zero-order valence-electron chi connectivity index (χ0n) is 7.09. The van der Waals surface area contributed by atoms with E-state index in [1.54, 1.807) is 11.3 Å². The molecule has 0 amide bonds. The minimum Gasteiger partial charge on any atom is -0.507 e. The second kappa shape index (κ2) is 2.49. The van der Waals surface area contributed by atoms with Gasteiger partial charge in [0.15, 0.2) is 0 Å². The molecule has 2 heteroatoms. The SMILES string of the molecule is Cc1ccc2scc(C)c2c1O. The van der Waals surface area contributed by atoms with Crippen LogP contribution < -0.4 is 0 Å². The van der Waals surface area contributed by atoms with Crippen molar-refractivity contribution in [2.45, 2.75) is 13.8 Å². The molecule has 0 radical (unpaired) electrons. The van der Waals surface area contributed by atoms with Crippen LogP contribution in [0, 0.1) is 13.8 Å². The highest BCUT2D eigenvalue weighted by Gasteiger charge is 2.06. The molecule has 0 unspecified atom stereocenters. The monoisotopic (exact) mass is 178 g/mol. The summed E-state index contributed by atoms with van der Waals surface area (Å²) in [4.78, 5) is 0. The molecule has 0 saturated heterocycles. The van der Waals surface area contributed by atoms with Gasteiger partial charge < -0.3 is 5.11 Å². The van der Waals surface area contributed by atoms with Gasteiger partial charge in [-0.2, -0.15) is 0 Å². The Hall–Kier alpha value is -1.02. The first-order chi connectivity index (χ1) is 5.70. The maximum absolute atomic E-state index is 9.73. The summed E-state index contributed by atoms with van der Waals surface area (Å²) in [5.41, 5.74) is 2.11. The first-order valence-electron chi connectivity index (χ1n) is 3.86. The van der Waals surface area contributed by atoms with Gasteiger partial charge in [-0.3, -0.25) is 0 Å². The summed E-state index contributed by atoms with van der Waals surface area (Å²) >= 11 is 1.68.